The van der Waals surface area contributed by atoms with Gasteiger partial charge in [0.25, 0.3) is 0 Å². The van der Waals surface area contributed by atoms with Crippen molar-refractivity contribution in [2.75, 3.05) is 26.2 Å². The predicted octanol–water partition coefficient (Wildman–Crippen LogP) is 2.50. The number of benzene rings is 1. The van der Waals surface area contributed by atoms with Gasteiger partial charge in [-0.2, -0.15) is 0 Å². The molecule has 1 aromatic rings. The molecule has 1 aromatic carbocycles. The van der Waals surface area contributed by atoms with E-state index in [0.29, 0.717) is 5.92 Å². The van der Waals surface area contributed by atoms with Crippen molar-refractivity contribution < 1.29 is 4.79 Å². The van der Waals surface area contributed by atoms with Crippen LogP contribution in [-0.4, -0.2) is 43.0 Å². The highest BCUT2D eigenvalue weighted by atomic mass is 35.5. The fraction of sp³-hybridized carbons (Fsp3) is 0.632. The standard InChI is InChI=1S/C19H29N3O.ClH/c1-15-6-8-16(9-7-15)13-22-11-3-4-17(14-22)12-21-19(23)18-5-2-10-20-18;/h6-9,17-18,20H,2-5,10-14H2,1H3,(H,21,23);1H. The Balaban J connectivity index is 0.00000208. The van der Waals surface area contributed by atoms with E-state index in [4.69, 9.17) is 0 Å². The van der Waals surface area contributed by atoms with E-state index in [1.165, 1.54) is 30.5 Å². The lowest BCUT2D eigenvalue weighted by Crippen LogP contribution is -2.45. The highest BCUT2D eigenvalue weighted by Crippen LogP contribution is 2.18. The van der Waals surface area contributed by atoms with Crippen LogP contribution in [0.4, 0.5) is 0 Å². The number of hydrogen-bond acceptors (Lipinski definition) is 3. The van der Waals surface area contributed by atoms with Gasteiger partial charge in [-0.05, 0) is 57.2 Å². The lowest BCUT2D eigenvalue weighted by atomic mass is 9.97. The van der Waals surface area contributed by atoms with Gasteiger partial charge < -0.3 is 10.6 Å². The molecule has 2 heterocycles. The molecule has 0 spiro atoms. The van der Waals surface area contributed by atoms with Gasteiger partial charge in [0.1, 0.15) is 0 Å². The van der Waals surface area contributed by atoms with Crippen LogP contribution in [0.2, 0.25) is 0 Å². The van der Waals surface area contributed by atoms with Crippen molar-refractivity contribution in [3.8, 4) is 0 Å². The van der Waals surface area contributed by atoms with E-state index >= 15 is 0 Å². The van der Waals surface area contributed by atoms with Crippen LogP contribution in [0.5, 0.6) is 0 Å². The second-order valence-corrected chi connectivity index (χ2v) is 7.12. The van der Waals surface area contributed by atoms with Crippen molar-refractivity contribution >= 4 is 18.3 Å². The molecule has 2 aliphatic heterocycles. The topological polar surface area (TPSA) is 44.4 Å². The van der Waals surface area contributed by atoms with Crippen LogP contribution in [0.3, 0.4) is 0 Å². The van der Waals surface area contributed by atoms with Crippen molar-refractivity contribution in [3.05, 3.63) is 35.4 Å². The third-order valence-electron chi connectivity index (χ3n) is 5.07. The fourth-order valence-electron chi connectivity index (χ4n) is 3.69. The largest absolute Gasteiger partial charge is 0.354 e. The number of nitrogens with zero attached hydrogens (tertiary/aromatic N) is 1. The van der Waals surface area contributed by atoms with Crippen molar-refractivity contribution in [2.45, 2.75) is 45.2 Å². The summed E-state index contributed by atoms with van der Waals surface area (Å²) in [4.78, 5) is 14.6. The van der Waals surface area contributed by atoms with Crippen molar-refractivity contribution in [1.29, 1.82) is 0 Å². The molecule has 24 heavy (non-hydrogen) atoms. The first-order valence-electron chi connectivity index (χ1n) is 9.00. The number of likely N-dealkylation sites (tertiary alicyclic amines) is 1. The Bertz CT molecular complexity index is 514. The minimum Gasteiger partial charge on any atom is -0.354 e. The highest BCUT2D eigenvalue weighted by Gasteiger charge is 2.24. The molecular formula is C19H30ClN3O. The molecular weight excluding hydrogens is 322 g/mol. The van der Waals surface area contributed by atoms with E-state index in [1.54, 1.807) is 0 Å². The Morgan fingerprint density at radius 3 is 2.75 bits per heavy atom. The third-order valence-corrected chi connectivity index (χ3v) is 5.07. The fourth-order valence-corrected chi connectivity index (χ4v) is 3.69. The van der Waals surface area contributed by atoms with E-state index < -0.39 is 0 Å². The zero-order chi connectivity index (χ0) is 16.1. The number of halogens is 1. The number of amides is 1. The smallest absolute Gasteiger partial charge is 0.237 e. The molecule has 0 aliphatic carbocycles. The first-order valence-corrected chi connectivity index (χ1v) is 9.00. The van der Waals surface area contributed by atoms with Crippen LogP contribution in [0, 0.1) is 12.8 Å². The molecule has 0 bridgehead atoms. The van der Waals surface area contributed by atoms with Gasteiger partial charge in [0, 0.05) is 19.6 Å². The summed E-state index contributed by atoms with van der Waals surface area (Å²) in [5, 5.41) is 6.43. The Labute approximate surface area is 151 Å². The van der Waals surface area contributed by atoms with Crippen molar-refractivity contribution in [3.63, 3.8) is 0 Å². The maximum Gasteiger partial charge on any atom is 0.237 e. The summed E-state index contributed by atoms with van der Waals surface area (Å²) in [5.74, 6) is 0.776. The second-order valence-electron chi connectivity index (χ2n) is 7.12. The minimum absolute atomic E-state index is 0. The average molecular weight is 352 g/mol. The molecule has 0 radical (unpaired) electrons. The molecule has 5 heteroatoms. The zero-order valence-corrected chi connectivity index (χ0v) is 15.4. The Morgan fingerprint density at radius 2 is 2.04 bits per heavy atom. The minimum atomic E-state index is 0. The molecule has 4 nitrogen and oxygen atoms in total. The summed E-state index contributed by atoms with van der Waals surface area (Å²) in [6.45, 7) is 7.21. The quantitative estimate of drug-likeness (QED) is 0.856. The number of carbonyl (C=O) groups is 1. The number of piperidine rings is 1. The molecule has 0 saturated carbocycles. The summed E-state index contributed by atoms with van der Waals surface area (Å²) in [6.07, 6.45) is 4.55. The Morgan fingerprint density at radius 1 is 1.25 bits per heavy atom. The molecule has 2 fully saturated rings. The van der Waals surface area contributed by atoms with Gasteiger partial charge in [-0.25, -0.2) is 0 Å². The lowest BCUT2D eigenvalue weighted by molar-refractivity contribution is -0.123. The number of nitrogens with one attached hydrogen (secondary N) is 2. The molecule has 2 N–H and O–H groups in total. The van der Waals surface area contributed by atoms with Crippen LogP contribution < -0.4 is 10.6 Å². The van der Waals surface area contributed by atoms with Crippen LogP contribution in [0.15, 0.2) is 24.3 Å². The number of rotatable bonds is 5. The van der Waals surface area contributed by atoms with Crippen LogP contribution in [0.1, 0.15) is 36.8 Å². The van der Waals surface area contributed by atoms with E-state index in [0.717, 1.165) is 39.0 Å². The molecule has 2 saturated heterocycles. The molecule has 0 aromatic heterocycles. The van der Waals surface area contributed by atoms with E-state index in [2.05, 4.69) is 46.7 Å². The van der Waals surface area contributed by atoms with Crippen molar-refractivity contribution in [2.24, 2.45) is 5.92 Å². The summed E-state index contributed by atoms with van der Waals surface area (Å²) >= 11 is 0. The molecule has 134 valence electrons. The molecule has 2 aliphatic rings. The van der Waals surface area contributed by atoms with Crippen LogP contribution >= 0.6 is 12.4 Å². The highest BCUT2D eigenvalue weighted by molar-refractivity contribution is 5.85. The maximum absolute atomic E-state index is 12.1. The van der Waals surface area contributed by atoms with Gasteiger partial charge >= 0.3 is 0 Å². The Kier molecular flexibility index (Phi) is 7.53. The summed E-state index contributed by atoms with van der Waals surface area (Å²) in [6, 6.07) is 8.87. The van der Waals surface area contributed by atoms with E-state index in [9.17, 15) is 4.79 Å². The summed E-state index contributed by atoms with van der Waals surface area (Å²) in [5.41, 5.74) is 2.70. The van der Waals surface area contributed by atoms with E-state index in [-0.39, 0.29) is 24.4 Å². The number of carbonyl (C=O) groups excluding carboxylic acids is 1. The molecule has 3 rings (SSSR count). The SMILES string of the molecule is Cc1ccc(CN2CCCC(CNC(=O)C3CCCN3)C2)cc1.Cl. The van der Waals surface area contributed by atoms with Gasteiger partial charge in [0.05, 0.1) is 6.04 Å². The van der Waals surface area contributed by atoms with Gasteiger partial charge in [-0.3, -0.25) is 9.69 Å². The number of hydrogen-bond donors (Lipinski definition) is 2. The van der Waals surface area contributed by atoms with Gasteiger partial charge in [0.2, 0.25) is 5.91 Å². The summed E-state index contributed by atoms with van der Waals surface area (Å²) in [7, 11) is 0. The Hall–Kier alpha value is -1.10. The summed E-state index contributed by atoms with van der Waals surface area (Å²) < 4.78 is 0. The normalized spacial score (nSPS) is 24.4. The average Bonchev–Trinajstić information content (AvgIpc) is 3.10. The lowest BCUT2D eigenvalue weighted by Gasteiger charge is -2.33. The monoisotopic (exact) mass is 351 g/mol. The first kappa shape index (κ1) is 19.2. The number of aryl methyl sites for hydroxylation is 1. The van der Waals surface area contributed by atoms with Crippen LogP contribution in [-0.2, 0) is 11.3 Å². The molecule has 2 atom stereocenters. The van der Waals surface area contributed by atoms with E-state index in [1.807, 2.05) is 0 Å². The van der Waals surface area contributed by atoms with Crippen LogP contribution in [0.25, 0.3) is 0 Å². The zero-order valence-electron chi connectivity index (χ0n) is 14.6. The predicted molar refractivity (Wildman–Crippen MR) is 100 cm³/mol. The third kappa shape index (κ3) is 5.47. The second kappa shape index (κ2) is 9.40. The van der Waals surface area contributed by atoms with Gasteiger partial charge in [-0.1, -0.05) is 29.8 Å². The molecule has 1 amide bonds. The van der Waals surface area contributed by atoms with Gasteiger partial charge in [-0.15, -0.1) is 12.4 Å². The first-order chi connectivity index (χ1) is 11.2. The molecule has 2 unspecified atom stereocenters. The van der Waals surface area contributed by atoms with Gasteiger partial charge in [0.15, 0.2) is 0 Å². The van der Waals surface area contributed by atoms with Crippen molar-refractivity contribution in [1.82, 2.24) is 15.5 Å². The maximum atomic E-state index is 12.1.